The number of aromatic nitrogens is 5. The molecule has 0 aromatic carbocycles. The Balaban J connectivity index is 1.51. The van der Waals surface area contributed by atoms with Crippen LogP contribution < -0.4 is 21.5 Å². The topological polar surface area (TPSA) is 131 Å². The number of oxazole rings is 1. The van der Waals surface area contributed by atoms with Crippen molar-refractivity contribution in [2.24, 2.45) is 0 Å². The SMILES string of the molecule is CNc1cc(Nc2cccn(-c3coc(C)n3)c2=O)nc2c(C(=O)N[C@@H]3C[C@@H]3F)cnn12. The molecule has 1 saturated carbocycles. The van der Waals surface area contributed by atoms with Gasteiger partial charge in [-0.05, 0) is 12.1 Å². The number of nitrogens with zero attached hydrogens (tertiary/aromatic N) is 5. The summed E-state index contributed by atoms with van der Waals surface area (Å²) in [6.07, 6.45) is 3.63. The number of hydrogen-bond donors (Lipinski definition) is 3. The van der Waals surface area contributed by atoms with E-state index in [0.29, 0.717) is 29.8 Å². The van der Waals surface area contributed by atoms with Gasteiger partial charge in [0, 0.05) is 32.7 Å². The number of amides is 1. The third kappa shape index (κ3) is 3.45. The van der Waals surface area contributed by atoms with Gasteiger partial charge in [-0.15, -0.1) is 0 Å². The quantitative estimate of drug-likeness (QED) is 0.415. The zero-order valence-electron chi connectivity index (χ0n) is 17.2. The lowest BCUT2D eigenvalue weighted by molar-refractivity contribution is 0.0949. The Hall–Kier alpha value is -4.22. The number of alkyl halides is 1. The minimum atomic E-state index is -1.02. The second-order valence-corrected chi connectivity index (χ2v) is 7.35. The van der Waals surface area contributed by atoms with Crippen molar-refractivity contribution in [3.8, 4) is 5.82 Å². The molecule has 1 amide bonds. The van der Waals surface area contributed by atoms with Crippen LogP contribution in [0.15, 0.2) is 46.1 Å². The van der Waals surface area contributed by atoms with Crippen LogP contribution in [0.5, 0.6) is 0 Å². The van der Waals surface area contributed by atoms with Gasteiger partial charge in [0.1, 0.15) is 35.3 Å². The normalized spacial score (nSPS) is 17.3. The average Bonchev–Trinajstić information content (AvgIpc) is 3.14. The molecule has 4 aromatic heterocycles. The van der Waals surface area contributed by atoms with Crippen LogP contribution in [0.2, 0.25) is 0 Å². The zero-order valence-corrected chi connectivity index (χ0v) is 17.2. The van der Waals surface area contributed by atoms with E-state index in [9.17, 15) is 14.0 Å². The second kappa shape index (κ2) is 7.48. The Morgan fingerprint density at radius 2 is 2.16 bits per heavy atom. The molecule has 1 fully saturated rings. The molecule has 0 unspecified atom stereocenters. The monoisotopic (exact) mass is 438 g/mol. The number of carbonyl (C=O) groups is 1. The number of halogens is 1. The van der Waals surface area contributed by atoms with E-state index in [1.54, 1.807) is 38.4 Å². The molecule has 164 valence electrons. The molecule has 0 aliphatic heterocycles. The first-order chi connectivity index (χ1) is 15.4. The highest BCUT2D eigenvalue weighted by Gasteiger charge is 2.39. The number of fused-ring (bicyclic) bond motifs is 1. The van der Waals surface area contributed by atoms with Gasteiger partial charge in [-0.2, -0.15) is 14.6 Å². The summed E-state index contributed by atoms with van der Waals surface area (Å²) in [4.78, 5) is 34.1. The molecule has 1 aliphatic carbocycles. The highest BCUT2D eigenvalue weighted by atomic mass is 19.1. The van der Waals surface area contributed by atoms with E-state index in [2.05, 4.69) is 31.0 Å². The average molecular weight is 438 g/mol. The lowest BCUT2D eigenvalue weighted by Crippen LogP contribution is -2.27. The summed E-state index contributed by atoms with van der Waals surface area (Å²) in [5, 5.41) is 12.8. The molecule has 4 heterocycles. The largest absolute Gasteiger partial charge is 0.447 e. The molecule has 12 heteroatoms. The molecule has 11 nitrogen and oxygen atoms in total. The van der Waals surface area contributed by atoms with Crippen LogP contribution in [0.1, 0.15) is 22.7 Å². The minimum Gasteiger partial charge on any atom is -0.447 e. The molecule has 4 aromatic rings. The van der Waals surface area contributed by atoms with Crippen molar-refractivity contribution in [2.75, 3.05) is 17.7 Å². The number of nitrogens with one attached hydrogen (secondary N) is 3. The van der Waals surface area contributed by atoms with Crippen LogP contribution >= 0.6 is 0 Å². The van der Waals surface area contributed by atoms with Crippen molar-refractivity contribution in [1.82, 2.24) is 29.5 Å². The molecule has 3 N–H and O–H groups in total. The summed E-state index contributed by atoms with van der Waals surface area (Å²) in [6, 6.07) is 4.46. The number of hydrogen-bond acceptors (Lipinski definition) is 8. The number of rotatable bonds is 6. The van der Waals surface area contributed by atoms with Gasteiger partial charge in [0.15, 0.2) is 17.4 Å². The maximum absolute atomic E-state index is 13.2. The van der Waals surface area contributed by atoms with Gasteiger partial charge >= 0.3 is 0 Å². The molecule has 32 heavy (non-hydrogen) atoms. The second-order valence-electron chi connectivity index (χ2n) is 7.35. The maximum Gasteiger partial charge on any atom is 0.280 e. The van der Waals surface area contributed by atoms with E-state index in [0.717, 1.165) is 0 Å². The molecule has 0 bridgehead atoms. The van der Waals surface area contributed by atoms with E-state index < -0.39 is 18.1 Å². The number of carbonyl (C=O) groups excluding carboxylic acids is 1. The standard InChI is InChI=1S/C20H19FN8O3/c1-10-24-17(9-32-10)28-5-3-4-13(20(28)31)25-15-7-16(22-2)29-18(27-15)11(8-23-29)19(30)26-14-6-12(14)21/h3-5,7-9,12,14,22H,6H2,1-2H3,(H,25,27)(H,26,30)/t12-,14+/m0/s1. The van der Waals surface area contributed by atoms with Crippen molar-refractivity contribution in [2.45, 2.75) is 25.6 Å². The third-order valence-corrected chi connectivity index (χ3v) is 5.07. The Morgan fingerprint density at radius 1 is 1.34 bits per heavy atom. The summed E-state index contributed by atoms with van der Waals surface area (Å²) >= 11 is 0. The Morgan fingerprint density at radius 3 is 2.84 bits per heavy atom. The Kier molecular flexibility index (Phi) is 4.61. The number of aryl methyl sites for hydroxylation is 1. The predicted molar refractivity (Wildman–Crippen MR) is 113 cm³/mol. The fourth-order valence-corrected chi connectivity index (χ4v) is 3.29. The van der Waals surface area contributed by atoms with Gasteiger partial charge in [-0.25, -0.2) is 9.37 Å². The van der Waals surface area contributed by atoms with Crippen molar-refractivity contribution < 1.29 is 13.6 Å². The van der Waals surface area contributed by atoms with Crippen molar-refractivity contribution >= 4 is 28.9 Å². The Labute approximate surface area is 180 Å². The molecular formula is C20H19FN8O3. The number of anilines is 3. The van der Waals surface area contributed by atoms with Gasteiger partial charge in [0.25, 0.3) is 11.5 Å². The lowest BCUT2D eigenvalue weighted by Gasteiger charge is -2.11. The molecular weight excluding hydrogens is 419 g/mol. The number of pyridine rings is 1. The van der Waals surface area contributed by atoms with E-state index in [4.69, 9.17) is 4.42 Å². The maximum atomic E-state index is 13.2. The molecule has 0 saturated heterocycles. The van der Waals surface area contributed by atoms with Crippen LogP contribution in [-0.4, -0.2) is 49.3 Å². The molecule has 5 rings (SSSR count). The summed E-state index contributed by atoms with van der Waals surface area (Å²) in [7, 11) is 1.69. The van der Waals surface area contributed by atoms with E-state index >= 15 is 0 Å². The van der Waals surface area contributed by atoms with Crippen molar-refractivity contribution in [1.29, 1.82) is 0 Å². The van der Waals surface area contributed by atoms with Crippen molar-refractivity contribution in [3.63, 3.8) is 0 Å². The summed E-state index contributed by atoms with van der Waals surface area (Å²) < 4.78 is 21.2. The van der Waals surface area contributed by atoms with Gasteiger partial charge in [0.05, 0.1) is 12.2 Å². The van der Waals surface area contributed by atoms with Gasteiger partial charge < -0.3 is 20.4 Å². The van der Waals surface area contributed by atoms with Crippen LogP contribution in [0.4, 0.5) is 21.7 Å². The molecule has 2 atom stereocenters. The molecule has 1 aliphatic rings. The van der Waals surface area contributed by atoms with E-state index in [1.807, 2.05) is 0 Å². The fraction of sp³-hybridized carbons (Fsp3) is 0.250. The predicted octanol–water partition coefficient (Wildman–Crippen LogP) is 1.80. The fourth-order valence-electron chi connectivity index (χ4n) is 3.29. The lowest BCUT2D eigenvalue weighted by atomic mass is 10.3. The van der Waals surface area contributed by atoms with E-state index in [-0.39, 0.29) is 22.5 Å². The van der Waals surface area contributed by atoms with Gasteiger partial charge in [0.2, 0.25) is 0 Å². The van der Waals surface area contributed by atoms with Crippen molar-refractivity contribution in [3.05, 3.63) is 58.7 Å². The van der Waals surface area contributed by atoms with Crippen LogP contribution in [0.3, 0.4) is 0 Å². The van der Waals surface area contributed by atoms with E-state index in [1.165, 1.54) is 21.5 Å². The third-order valence-electron chi connectivity index (χ3n) is 5.07. The van der Waals surface area contributed by atoms with Crippen LogP contribution in [-0.2, 0) is 0 Å². The smallest absolute Gasteiger partial charge is 0.280 e. The zero-order chi connectivity index (χ0) is 22.4. The summed E-state index contributed by atoms with van der Waals surface area (Å²) in [6.45, 7) is 1.69. The summed E-state index contributed by atoms with van der Waals surface area (Å²) in [5.74, 6) is 1.19. The first-order valence-corrected chi connectivity index (χ1v) is 9.87. The van der Waals surface area contributed by atoms with Gasteiger partial charge in [-0.1, -0.05) is 0 Å². The highest BCUT2D eigenvalue weighted by molar-refractivity contribution is 6.00. The Bertz CT molecular complexity index is 1390. The first kappa shape index (κ1) is 19.7. The van der Waals surface area contributed by atoms with Crippen LogP contribution in [0.25, 0.3) is 11.5 Å². The molecule has 0 spiro atoms. The summed E-state index contributed by atoms with van der Waals surface area (Å²) in [5.41, 5.74) is 0.350. The minimum absolute atomic E-state index is 0.202. The highest BCUT2D eigenvalue weighted by Crippen LogP contribution is 2.26. The van der Waals surface area contributed by atoms with Gasteiger partial charge in [-0.3, -0.25) is 14.2 Å². The van der Waals surface area contributed by atoms with Crippen LogP contribution in [0, 0.1) is 6.92 Å². The molecule has 0 radical (unpaired) electrons. The first-order valence-electron chi connectivity index (χ1n) is 9.87.